The molecular weight excluding hydrogens is 552 g/mol. The fourth-order valence-electron chi connectivity index (χ4n) is 5.57. The molecule has 3 aromatic rings. The van der Waals surface area contributed by atoms with Crippen LogP contribution in [-0.4, -0.2) is 59.5 Å². The van der Waals surface area contributed by atoms with E-state index in [2.05, 4.69) is 57.5 Å². The molecular formula is C29H36Cl2N5O2P. The highest BCUT2D eigenvalue weighted by molar-refractivity contribution is 7.70. The maximum absolute atomic E-state index is 12.9. The molecule has 2 aliphatic rings. The number of benzene rings is 2. The van der Waals surface area contributed by atoms with Crippen LogP contribution in [0.5, 0.6) is 0 Å². The summed E-state index contributed by atoms with van der Waals surface area (Å²) in [6.45, 7) is 9.68. The minimum atomic E-state index is -2.60. The number of aromatic nitrogens is 2. The van der Waals surface area contributed by atoms with Crippen molar-refractivity contribution in [2.24, 2.45) is 0 Å². The van der Waals surface area contributed by atoms with Gasteiger partial charge in [0.1, 0.15) is 12.2 Å². The van der Waals surface area contributed by atoms with E-state index in [1.807, 2.05) is 0 Å². The molecule has 208 valence electrons. The normalized spacial score (nSPS) is 22.2. The van der Waals surface area contributed by atoms with Gasteiger partial charge in [0.15, 0.2) is 5.82 Å². The molecule has 2 aromatic carbocycles. The lowest BCUT2D eigenvalue weighted by molar-refractivity contribution is -0.0679. The van der Waals surface area contributed by atoms with E-state index in [-0.39, 0.29) is 0 Å². The number of fused-ring (bicyclic) bond motifs is 1. The average molecular weight is 589 g/mol. The molecule has 0 unspecified atom stereocenters. The number of nitrogens with one attached hydrogen (secondary N) is 2. The van der Waals surface area contributed by atoms with Crippen molar-refractivity contribution >= 4 is 58.8 Å². The third-order valence-corrected chi connectivity index (χ3v) is 9.66. The third-order valence-electron chi connectivity index (χ3n) is 7.62. The number of rotatable bonds is 6. The third kappa shape index (κ3) is 6.78. The van der Waals surface area contributed by atoms with Gasteiger partial charge in [0.2, 0.25) is 5.95 Å². The lowest BCUT2D eigenvalue weighted by atomic mass is 10.0. The predicted molar refractivity (Wildman–Crippen MR) is 163 cm³/mol. The van der Waals surface area contributed by atoms with Gasteiger partial charge in [-0.15, -0.1) is 0 Å². The van der Waals surface area contributed by atoms with Gasteiger partial charge in [0.05, 0.1) is 24.6 Å². The van der Waals surface area contributed by atoms with Crippen LogP contribution in [0.25, 0.3) is 0 Å². The van der Waals surface area contributed by atoms with Gasteiger partial charge in [-0.1, -0.05) is 29.3 Å². The van der Waals surface area contributed by atoms with Gasteiger partial charge in [-0.2, -0.15) is 4.98 Å². The maximum Gasteiger partial charge on any atom is 0.229 e. The first kappa shape index (κ1) is 28.4. The molecule has 0 radical (unpaired) electrons. The summed E-state index contributed by atoms with van der Waals surface area (Å²) in [5, 5.41) is 8.11. The second-order valence-corrected chi connectivity index (χ2v) is 15.1. The summed E-state index contributed by atoms with van der Waals surface area (Å²) in [5.41, 5.74) is 4.38. The second kappa shape index (κ2) is 11.8. The first-order valence-corrected chi connectivity index (χ1v) is 16.8. The van der Waals surface area contributed by atoms with E-state index >= 15 is 0 Å². The molecule has 2 heterocycles. The van der Waals surface area contributed by atoms with E-state index in [1.54, 1.807) is 37.7 Å². The van der Waals surface area contributed by atoms with E-state index in [0.29, 0.717) is 51.0 Å². The molecule has 10 heteroatoms. The lowest BCUT2D eigenvalue weighted by Crippen LogP contribution is -2.52. The Bertz CT molecular complexity index is 1400. The van der Waals surface area contributed by atoms with Crippen LogP contribution in [0.1, 0.15) is 37.8 Å². The largest absolute Gasteiger partial charge is 0.376 e. The smallest absolute Gasteiger partial charge is 0.229 e. The Kier molecular flexibility index (Phi) is 8.56. The van der Waals surface area contributed by atoms with Gasteiger partial charge in [0.25, 0.3) is 0 Å². The predicted octanol–water partition coefficient (Wildman–Crippen LogP) is 6.88. The number of anilines is 4. The number of morpholine rings is 1. The van der Waals surface area contributed by atoms with Crippen molar-refractivity contribution < 1.29 is 9.30 Å². The van der Waals surface area contributed by atoms with Gasteiger partial charge < -0.3 is 19.9 Å². The zero-order valence-electron chi connectivity index (χ0n) is 22.9. The Morgan fingerprint density at radius 2 is 1.79 bits per heavy atom. The number of aryl methyl sites for hydroxylation is 2. The fourth-order valence-corrected chi connectivity index (χ4v) is 7.11. The Labute approximate surface area is 241 Å². The van der Waals surface area contributed by atoms with E-state index < -0.39 is 7.14 Å². The van der Waals surface area contributed by atoms with Crippen molar-refractivity contribution in [3.8, 4) is 0 Å². The van der Waals surface area contributed by atoms with Crippen LogP contribution in [0.3, 0.4) is 0 Å². The van der Waals surface area contributed by atoms with Crippen LogP contribution in [0.2, 0.25) is 10.0 Å². The van der Waals surface area contributed by atoms with E-state index in [4.69, 9.17) is 27.9 Å². The number of ether oxygens (including phenoxy) is 1. The van der Waals surface area contributed by atoms with Crippen molar-refractivity contribution in [3.63, 3.8) is 0 Å². The Balaban J connectivity index is 1.31. The van der Waals surface area contributed by atoms with Crippen LogP contribution < -0.4 is 15.9 Å². The first-order chi connectivity index (χ1) is 18.6. The average Bonchev–Trinajstić information content (AvgIpc) is 3.10. The molecule has 0 spiro atoms. The van der Waals surface area contributed by atoms with Gasteiger partial charge in [-0.25, -0.2) is 4.98 Å². The molecule has 39 heavy (non-hydrogen) atoms. The highest BCUT2D eigenvalue weighted by atomic mass is 35.5. The molecule has 1 saturated heterocycles. The minimum Gasteiger partial charge on any atom is -0.376 e. The van der Waals surface area contributed by atoms with Crippen LogP contribution in [0.15, 0.2) is 42.6 Å². The van der Waals surface area contributed by atoms with Gasteiger partial charge in [-0.05, 0) is 94.3 Å². The van der Waals surface area contributed by atoms with Crippen LogP contribution >= 0.6 is 30.3 Å². The summed E-state index contributed by atoms with van der Waals surface area (Å²) in [6, 6.07) is 12.8. The molecule has 0 saturated carbocycles. The standard InChI is InChI=1S/C29H36Cl2N5O2P/c1-18-17-38-19(2)16-36(18)24-10-6-20-5-9-23(13-21(20)7-11-24)33-29-32-15-25(31)28(35-29)34-26-12-8-22(30)14-27(26)39(3,4)37/h5,8-9,12-15,18-19,24H,6-7,10-11,16-17H2,1-4H3,(H2,32,33,34,35)/t18-,19-,24+/m1/s1. The van der Waals surface area contributed by atoms with Crippen molar-refractivity contribution in [1.82, 2.24) is 14.9 Å². The van der Waals surface area contributed by atoms with E-state index in [1.165, 1.54) is 17.5 Å². The topological polar surface area (TPSA) is 79.4 Å². The highest BCUT2D eigenvalue weighted by Crippen LogP contribution is 2.40. The summed E-state index contributed by atoms with van der Waals surface area (Å²) in [5.74, 6) is 0.855. The Morgan fingerprint density at radius 3 is 2.56 bits per heavy atom. The van der Waals surface area contributed by atoms with Crippen molar-refractivity contribution in [3.05, 3.63) is 63.8 Å². The molecule has 1 aliphatic heterocycles. The molecule has 2 N–H and O–H groups in total. The lowest BCUT2D eigenvalue weighted by Gasteiger charge is -2.41. The molecule has 1 aromatic heterocycles. The van der Waals surface area contributed by atoms with Crippen molar-refractivity contribution in [2.75, 3.05) is 37.1 Å². The summed E-state index contributed by atoms with van der Waals surface area (Å²) in [7, 11) is -2.60. The summed E-state index contributed by atoms with van der Waals surface area (Å²) < 4.78 is 18.7. The highest BCUT2D eigenvalue weighted by Gasteiger charge is 2.30. The van der Waals surface area contributed by atoms with Crippen molar-refractivity contribution in [1.29, 1.82) is 0 Å². The zero-order chi connectivity index (χ0) is 27.7. The van der Waals surface area contributed by atoms with Crippen LogP contribution in [0, 0.1) is 0 Å². The Hall–Kier alpha value is -2.15. The number of hydrogen-bond acceptors (Lipinski definition) is 7. The maximum atomic E-state index is 12.9. The SMILES string of the molecule is C[C@@H]1CN([C@H]2CCc3ccc(Nc4ncc(Cl)c(Nc5ccc(Cl)cc5P(C)(C)=O)n4)cc3CC2)[C@H](C)CO1. The quantitative estimate of drug-likeness (QED) is 0.240. The monoisotopic (exact) mass is 587 g/mol. The molecule has 1 aliphatic carbocycles. The van der Waals surface area contributed by atoms with Crippen LogP contribution in [-0.2, 0) is 22.1 Å². The first-order valence-electron chi connectivity index (χ1n) is 13.5. The Morgan fingerprint density at radius 1 is 1.03 bits per heavy atom. The number of nitrogens with zero attached hydrogens (tertiary/aromatic N) is 3. The van der Waals surface area contributed by atoms with Gasteiger partial charge in [0, 0.05) is 34.6 Å². The molecule has 3 atom stereocenters. The number of halogens is 2. The number of hydrogen-bond donors (Lipinski definition) is 2. The minimum absolute atomic E-state index is 0.293. The molecule has 0 bridgehead atoms. The molecule has 0 amide bonds. The summed E-state index contributed by atoms with van der Waals surface area (Å²) in [4.78, 5) is 11.7. The molecule has 5 rings (SSSR count). The summed E-state index contributed by atoms with van der Waals surface area (Å²) >= 11 is 12.6. The van der Waals surface area contributed by atoms with Gasteiger partial charge in [-0.3, -0.25) is 4.90 Å². The molecule has 1 fully saturated rings. The summed E-state index contributed by atoms with van der Waals surface area (Å²) in [6.07, 6.45) is 6.27. The van der Waals surface area contributed by atoms with E-state index in [0.717, 1.165) is 38.1 Å². The van der Waals surface area contributed by atoms with Gasteiger partial charge >= 0.3 is 0 Å². The zero-order valence-corrected chi connectivity index (χ0v) is 25.3. The molecule has 7 nitrogen and oxygen atoms in total. The van der Waals surface area contributed by atoms with Crippen LogP contribution in [0.4, 0.5) is 23.1 Å². The fraction of sp³-hybridized carbons (Fsp3) is 0.448. The van der Waals surface area contributed by atoms with E-state index in [9.17, 15) is 4.57 Å². The van der Waals surface area contributed by atoms with Crippen molar-refractivity contribution in [2.45, 2.75) is 57.7 Å². The second-order valence-electron chi connectivity index (χ2n) is 11.1.